The van der Waals surface area contributed by atoms with Crippen LogP contribution >= 0.6 is 0 Å². The maximum Gasteiger partial charge on any atom is 0.258 e. The number of carbonyl (C=O) groups is 1. The van der Waals surface area contributed by atoms with Crippen LogP contribution in [0.4, 0.5) is 5.82 Å². The van der Waals surface area contributed by atoms with E-state index < -0.39 is 0 Å². The van der Waals surface area contributed by atoms with Gasteiger partial charge in [0, 0.05) is 30.6 Å². The van der Waals surface area contributed by atoms with Crippen LogP contribution in [0.1, 0.15) is 35.3 Å². The Hall–Kier alpha value is -3.74. The Balaban J connectivity index is 1.42. The molecule has 5 rings (SSSR count). The zero-order valence-corrected chi connectivity index (χ0v) is 15.9. The van der Waals surface area contributed by atoms with Crippen LogP contribution in [0.5, 0.6) is 0 Å². The van der Waals surface area contributed by atoms with Gasteiger partial charge in [0.1, 0.15) is 18.0 Å². The summed E-state index contributed by atoms with van der Waals surface area (Å²) >= 11 is 0. The third-order valence-electron chi connectivity index (χ3n) is 5.24. The number of amides is 1. The second kappa shape index (κ2) is 7.01. The lowest BCUT2D eigenvalue weighted by molar-refractivity contribution is 0.102. The minimum atomic E-state index is -0.220. The molecule has 1 aliphatic carbocycles. The Morgan fingerprint density at radius 3 is 2.66 bits per heavy atom. The number of hydrogen-bond donors (Lipinski definition) is 1. The first-order valence-electron chi connectivity index (χ1n) is 9.60. The van der Waals surface area contributed by atoms with Crippen molar-refractivity contribution in [3.63, 3.8) is 0 Å². The van der Waals surface area contributed by atoms with Gasteiger partial charge in [-0.1, -0.05) is 25.1 Å². The number of para-hydroxylation sites is 1. The van der Waals surface area contributed by atoms with Gasteiger partial charge in [0.2, 0.25) is 0 Å². The second-order valence-electron chi connectivity index (χ2n) is 7.35. The van der Waals surface area contributed by atoms with E-state index in [1.54, 1.807) is 46.3 Å². The lowest BCUT2D eigenvalue weighted by Crippen LogP contribution is -2.15. The fourth-order valence-corrected chi connectivity index (χ4v) is 3.43. The largest absolute Gasteiger partial charge is 0.306 e. The predicted octanol–water partition coefficient (Wildman–Crippen LogP) is 3.83. The summed E-state index contributed by atoms with van der Waals surface area (Å²) in [7, 11) is 0. The molecule has 1 saturated carbocycles. The molecule has 144 valence electrons. The molecule has 0 saturated heterocycles. The number of imidazole rings is 1. The van der Waals surface area contributed by atoms with Crippen molar-refractivity contribution in [2.45, 2.75) is 19.3 Å². The predicted molar refractivity (Wildman–Crippen MR) is 109 cm³/mol. The van der Waals surface area contributed by atoms with Gasteiger partial charge in [-0.2, -0.15) is 5.10 Å². The number of aromatic nitrogens is 5. The minimum absolute atomic E-state index is 0.220. The Morgan fingerprint density at radius 1 is 1.17 bits per heavy atom. The average Bonchev–Trinajstić information content (AvgIpc) is 3.15. The quantitative estimate of drug-likeness (QED) is 0.567. The van der Waals surface area contributed by atoms with Crippen molar-refractivity contribution < 1.29 is 4.79 Å². The first-order valence-corrected chi connectivity index (χ1v) is 9.60. The molecule has 1 amide bonds. The fraction of sp³-hybridized carbons (Fsp3) is 0.182. The van der Waals surface area contributed by atoms with Gasteiger partial charge in [-0.05, 0) is 36.6 Å². The van der Waals surface area contributed by atoms with Gasteiger partial charge in [-0.25, -0.2) is 14.6 Å². The highest BCUT2D eigenvalue weighted by atomic mass is 16.1. The summed E-state index contributed by atoms with van der Waals surface area (Å²) in [5.74, 6) is 2.25. The van der Waals surface area contributed by atoms with Crippen LogP contribution in [0.2, 0.25) is 0 Å². The van der Waals surface area contributed by atoms with Crippen LogP contribution in [-0.2, 0) is 0 Å². The number of hydrogen-bond acceptors (Lipinski definition) is 4. The van der Waals surface area contributed by atoms with E-state index in [0.717, 1.165) is 17.8 Å². The standard InChI is InChI=1S/C22H20N6O/c1-15-11-18(15)19-12-21(28(26-19)17-5-3-2-4-6-17)25-22(29)16-7-8-20(24-13-16)27-10-9-23-14-27/h2-10,12-15,18H,11H2,1H3,(H,25,29). The molecule has 3 heterocycles. The molecule has 1 aromatic carbocycles. The van der Waals surface area contributed by atoms with Crippen molar-refractivity contribution in [2.75, 3.05) is 5.32 Å². The highest BCUT2D eigenvalue weighted by Gasteiger charge is 2.36. The average molecular weight is 384 g/mol. The zero-order valence-electron chi connectivity index (χ0n) is 15.9. The topological polar surface area (TPSA) is 77.6 Å². The molecule has 7 nitrogen and oxygen atoms in total. The van der Waals surface area contributed by atoms with E-state index in [9.17, 15) is 4.79 Å². The summed E-state index contributed by atoms with van der Waals surface area (Å²) in [6, 6.07) is 15.4. The molecule has 0 bridgehead atoms. The van der Waals surface area contributed by atoms with Crippen LogP contribution in [0.25, 0.3) is 11.5 Å². The van der Waals surface area contributed by atoms with Crippen LogP contribution in [0.15, 0.2) is 73.4 Å². The molecular formula is C22H20N6O. The van der Waals surface area contributed by atoms with Gasteiger partial charge in [0.15, 0.2) is 0 Å². The van der Waals surface area contributed by atoms with Crippen LogP contribution in [-0.4, -0.2) is 30.2 Å². The van der Waals surface area contributed by atoms with Crippen LogP contribution in [0, 0.1) is 5.92 Å². The number of benzene rings is 1. The van der Waals surface area contributed by atoms with Crippen molar-refractivity contribution in [1.29, 1.82) is 0 Å². The summed E-state index contributed by atoms with van der Waals surface area (Å²) in [6.45, 7) is 2.22. The van der Waals surface area contributed by atoms with Crippen molar-refractivity contribution in [2.24, 2.45) is 5.92 Å². The maximum atomic E-state index is 12.8. The normalized spacial score (nSPS) is 17.8. The lowest BCUT2D eigenvalue weighted by atomic mass is 10.2. The summed E-state index contributed by atoms with van der Waals surface area (Å²) in [4.78, 5) is 21.2. The van der Waals surface area contributed by atoms with Crippen molar-refractivity contribution >= 4 is 11.7 Å². The number of carbonyl (C=O) groups excluding carboxylic acids is 1. The van der Waals surface area contributed by atoms with Crippen molar-refractivity contribution in [3.8, 4) is 11.5 Å². The summed E-state index contributed by atoms with van der Waals surface area (Å²) < 4.78 is 3.58. The van der Waals surface area contributed by atoms with E-state index in [-0.39, 0.29) is 5.91 Å². The highest BCUT2D eigenvalue weighted by Crippen LogP contribution is 2.47. The number of pyridine rings is 1. The number of nitrogens with zero attached hydrogens (tertiary/aromatic N) is 5. The molecule has 2 unspecified atom stereocenters. The molecule has 3 aromatic heterocycles. The first kappa shape index (κ1) is 17.4. The molecule has 4 aromatic rings. The first-order chi connectivity index (χ1) is 14.2. The van der Waals surface area contributed by atoms with Gasteiger partial charge in [-0.15, -0.1) is 0 Å². The Morgan fingerprint density at radius 2 is 2.00 bits per heavy atom. The monoisotopic (exact) mass is 384 g/mol. The Labute approximate surface area is 168 Å². The number of rotatable bonds is 5. The molecule has 7 heteroatoms. The minimum Gasteiger partial charge on any atom is -0.306 e. The molecular weight excluding hydrogens is 364 g/mol. The third kappa shape index (κ3) is 3.42. The van der Waals surface area contributed by atoms with Crippen LogP contribution in [0.3, 0.4) is 0 Å². The van der Waals surface area contributed by atoms with Gasteiger partial charge >= 0.3 is 0 Å². The maximum absolute atomic E-state index is 12.8. The van der Waals surface area contributed by atoms with Gasteiger partial charge < -0.3 is 5.32 Å². The Kier molecular flexibility index (Phi) is 4.20. The fourth-order valence-electron chi connectivity index (χ4n) is 3.43. The van der Waals surface area contributed by atoms with Gasteiger partial charge in [0.25, 0.3) is 5.91 Å². The number of anilines is 1. The van der Waals surface area contributed by atoms with E-state index in [2.05, 4.69) is 22.2 Å². The smallest absolute Gasteiger partial charge is 0.258 e. The molecule has 2 atom stereocenters. The molecule has 0 aliphatic heterocycles. The van der Waals surface area contributed by atoms with E-state index in [0.29, 0.717) is 29.0 Å². The van der Waals surface area contributed by atoms with E-state index in [1.165, 1.54) is 0 Å². The van der Waals surface area contributed by atoms with Crippen LogP contribution < -0.4 is 5.32 Å². The van der Waals surface area contributed by atoms with Gasteiger partial charge in [-0.3, -0.25) is 9.36 Å². The lowest BCUT2D eigenvalue weighted by Gasteiger charge is -2.09. The Bertz CT molecular complexity index is 1130. The van der Waals surface area contributed by atoms with Crippen molar-refractivity contribution in [1.82, 2.24) is 24.3 Å². The summed E-state index contributed by atoms with van der Waals surface area (Å²) in [5.41, 5.74) is 2.41. The molecule has 1 N–H and O–H groups in total. The number of nitrogens with one attached hydrogen (secondary N) is 1. The molecule has 1 fully saturated rings. The van der Waals surface area contributed by atoms with E-state index in [1.807, 2.05) is 36.4 Å². The van der Waals surface area contributed by atoms with Crippen molar-refractivity contribution in [3.05, 3.63) is 84.7 Å². The molecule has 0 radical (unpaired) electrons. The zero-order chi connectivity index (χ0) is 19.8. The SMILES string of the molecule is CC1CC1c1cc(NC(=O)c2ccc(-n3ccnc3)nc2)n(-c2ccccc2)n1. The highest BCUT2D eigenvalue weighted by molar-refractivity contribution is 6.03. The van der Waals surface area contributed by atoms with Gasteiger partial charge in [0.05, 0.1) is 16.9 Å². The van der Waals surface area contributed by atoms with E-state index in [4.69, 9.17) is 5.10 Å². The molecule has 0 spiro atoms. The second-order valence-corrected chi connectivity index (χ2v) is 7.35. The van der Waals surface area contributed by atoms with E-state index >= 15 is 0 Å². The third-order valence-corrected chi connectivity index (χ3v) is 5.24. The summed E-state index contributed by atoms with van der Waals surface area (Å²) in [6.07, 6.45) is 7.86. The summed E-state index contributed by atoms with van der Waals surface area (Å²) in [5, 5.41) is 7.76. The molecule has 29 heavy (non-hydrogen) atoms. The molecule has 1 aliphatic rings.